The lowest BCUT2D eigenvalue weighted by Crippen LogP contribution is -2.29. The van der Waals surface area contributed by atoms with Gasteiger partial charge in [0, 0.05) is 30.6 Å². The highest BCUT2D eigenvalue weighted by molar-refractivity contribution is 6.30. The molecule has 1 amide bonds. The van der Waals surface area contributed by atoms with E-state index in [0.29, 0.717) is 35.3 Å². The van der Waals surface area contributed by atoms with Gasteiger partial charge in [-0.2, -0.15) is 4.98 Å². The third kappa shape index (κ3) is 5.31. The van der Waals surface area contributed by atoms with E-state index >= 15 is 0 Å². The van der Waals surface area contributed by atoms with Crippen LogP contribution in [0.3, 0.4) is 0 Å². The van der Waals surface area contributed by atoms with E-state index in [2.05, 4.69) is 10.1 Å². The normalized spacial score (nSPS) is 10.6. The summed E-state index contributed by atoms with van der Waals surface area (Å²) in [6.45, 7) is 2.66. The van der Waals surface area contributed by atoms with Gasteiger partial charge in [0.25, 0.3) is 11.8 Å². The van der Waals surface area contributed by atoms with Crippen molar-refractivity contribution in [1.29, 1.82) is 0 Å². The first-order chi connectivity index (χ1) is 13.0. The number of aromatic nitrogens is 2. The SMILES string of the molecule is Cc1cccc(OCc2nc(CCN(C)C(=O)c3cccc(Cl)c3)no2)c1. The van der Waals surface area contributed by atoms with Crippen molar-refractivity contribution in [3.63, 3.8) is 0 Å². The fraction of sp³-hybridized carbons (Fsp3) is 0.250. The molecule has 1 aromatic heterocycles. The number of halogens is 1. The molecule has 0 aliphatic rings. The fourth-order valence-corrected chi connectivity index (χ4v) is 2.70. The molecule has 0 aliphatic heterocycles. The Morgan fingerprint density at radius 1 is 1.22 bits per heavy atom. The number of nitrogens with zero attached hydrogens (tertiary/aromatic N) is 3. The summed E-state index contributed by atoms with van der Waals surface area (Å²) in [4.78, 5) is 18.3. The molecule has 2 aromatic carbocycles. The minimum absolute atomic E-state index is 0.107. The van der Waals surface area contributed by atoms with Crippen LogP contribution in [0.15, 0.2) is 53.1 Å². The Labute approximate surface area is 162 Å². The second kappa shape index (κ2) is 8.68. The topological polar surface area (TPSA) is 68.5 Å². The number of aryl methyl sites for hydroxylation is 1. The number of carbonyl (C=O) groups excluding carboxylic acids is 1. The van der Waals surface area contributed by atoms with Gasteiger partial charge in [-0.25, -0.2) is 0 Å². The summed E-state index contributed by atoms with van der Waals surface area (Å²) in [5, 5.41) is 4.47. The Morgan fingerprint density at radius 3 is 2.81 bits per heavy atom. The van der Waals surface area contributed by atoms with Crippen molar-refractivity contribution < 1.29 is 14.1 Å². The van der Waals surface area contributed by atoms with Crippen molar-refractivity contribution in [1.82, 2.24) is 15.0 Å². The van der Waals surface area contributed by atoms with Crippen LogP contribution in [0, 0.1) is 6.92 Å². The lowest BCUT2D eigenvalue weighted by molar-refractivity contribution is 0.0796. The highest BCUT2D eigenvalue weighted by Gasteiger charge is 2.14. The van der Waals surface area contributed by atoms with Crippen LogP contribution in [-0.2, 0) is 13.0 Å². The van der Waals surface area contributed by atoms with Gasteiger partial charge in [-0.15, -0.1) is 0 Å². The van der Waals surface area contributed by atoms with Gasteiger partial charge in [0.2, 0.25) is 0 Å². The minimum atomic E-state index is -0.107. The minimum Gasteiger partial charge on any atom is -0.484 e. The zero-order valence-corrected chi connectivity index (χ0v) is 15.9. The highest BCUT2D eigenvalue weighted by Crippen LogP contribution is 2.15. The Bertz CT molecular complexity index is 926. The van der Waals surface area contributed by atoms with Crippen LogP contribution in [0.25, 0.3) is 0 Å². The molecular weight excluding hydrogens is 366 g/mol. The standard InChI is InChI=1S/C20H20ClN3O3/c1-14-5-3-8-17(11-14)26-13-19-22-18(23-27-19)9-10-24(2)20(25)15-6-4-7-16(21)12-15/h3-8,11-12H,9-10,13H2,1-2H3. The van der Waals surface area contributed by atoms with Crippen molar-refractivity contribution >= 4 is 17.5 Å². The smallest absolute Gasteiger partial charge is 0.264 e. The second-order valence-corrected chi connectivity index (χ2v) is 6.63. The van der Waals surface area contributed by atoms with Gasteiger partial charge in [-0.05, 0) is 42.8 Å². The summed E-state index contributed by atoms with van der Waals surface area (Å²) < 4.78 is 10.8. The lowest BCUT2D eigenvalue weighted by Gasteiger charge is -2.16. The predicted octanol–water partition coefficient (Wildman–Crippen LogP) is 3.93. The molecule has 0 aliphatic carbocycles. The molecule has 7 heteroatoms. The molecule has 0 fully saturated rings. The van der Waals surface area contributed by atoms with Gasteiger partial charge in [0.05, 0.1) is 0 Å². The van der Waals surface area contributed by atoms with E-state index in [0.717, 1.165) is 11.3 Å². The van der Waals surface area contributed by atoms with Gasteiger partial charge in [0.1, 0.15) is 5.75 Å². The molecule has 0 bridgehead atoms. The molecular formula is C20H20ClN3O3. The molecule has 0 unspecified atom stereocenters. The number of rotatable bonds is 7. The van der Waals surface area contributed by atoms with E-state index in [4.69, 9.17) is 20.9 Å². The number of benzene rings is 2. The number of likely N-dealkylation sites (N-methyl/N-ethyl adjacent to an activating group) is 1. The molecule has 27 heavy (non-hydrogen) atoms. The first-order valence-corrected chi connectivity index (χ1v) is 8.91. The Balaban J connectivity index is 1.51. The number of carbonyl (C=O) groups is 1. The molecule has 0 saturated heterocycles. The third-order valence-electron chi connectivity index (χ3n) is 3.95. The van der Waals surface area contributed by atoms with Gasteiger partial charge in [-0.3, -0.25) is 4.79 Å². The van der Waals surface area contributed by atoms with Crippen molar-refractivity contribution in [3.8, 4) is 5.75 Å². The second-order valence-electron chi connectivity index (χ2n) is 6.20. The van der Waals surface area contributed by atoms with E-state index < -0.39 is 0 Å². The van der Waals surface area contributed by atoms with Crippen molar-refractivity contribution in [2.24, 2.45) is 0 Å². The third-order valence-corrected chi connectivity index (χ3v) is 4.19. The number of hydrogen-bond acceptors (Lipinski definition) is 5. The van der Waals surface area contributed by atoms with E-state index in [1.165, 1.54) is 0 Å². The van der Waals surface area contributed by atoms with Gasteiger partial charge < -0.3 is 14.2 Å². The van der Waals surface area contributed by atoms with Crippen LogP contribution in [0.2, 0.25) is 5.02 Å². The highest BCUT2D eigenvalue weighted by atomic mass is 35.5. The molecule has 0 spiro atoms. The fourth-order valence-electron chi connectivity index (χ4n) is 2.51. The zero-order valence-electron chi connectivity index (χ0n) is 15.2. The van der Waals surface area contributed by atoms with Crippen LogP contribution in [0.1, 0.15) is 27.6 Å². The maximum atomic E-state index is 12.4. The van der Waals surface area contributed by atoms with E-state index in [9.17, 15) is 4.79 Å². The summed E-state index contributed by atoms with van der Waals surface area (Å²) in [7, 11) is 1.73. The number of ether oxygens (including phenoxy) is 1. The Kier molecular flexibility index (Phi) is 6.08. The lowest BCUT2D eigenvalue weighted by atomic mass is 10.2. The molecule has 3 rings (SSSR count). The summed E-state index contributed by atoms with van der Waals surface area (Å²) in [5.74, 6) is 1.57. The number of hydrogen-bond donors (Lipinski definition) is 0. The van der Waals surface area contributed by atoms with Crippen LogP contribution < -0.4 is 4.74 Å². The maximum Gasteiger partial charge on any atom is 0.264 e. The predicted molar refractivity (Wildman–Crippen MR) is 102 cm³/mol. The number of amides is 1. The molecule has 0 radical (unpaired) electrons. The van der Waals surface area contributed by atoms with E-state index in [1.54, 1.807) is 36.2 Å². The summed E-state index contributed by atoms with van der Waals surface area (Å²) in [6.07, 6.45) is 0.483. The van der Waals surface area contributed by atoms with Crippen LogP contribution in [0.5, 0.6) is 5.75 Å². The maximum absolute atomic E-state index is 12.4. The van der Waals surface area contributed by atoms with E-state index in [-0.39, 0.29) is 12.5 Å². The van der Waals surface area contributed by atoms with Gasteiger partial charge in [0.15, 0.2) is 12.4 Å². The largest absolute Gasteiger partial charge is 0.484 e. The van der Waals surface area contributed by atoms with Crippen molar-refractivity contribution in [3.05, 3.63) is 76.4 Å². The van der Waals surface area contributed by atoms with Crippen LogP contribution in [0.4, 0.5) is 0 Å². The van der Waals surface area contributed by atoms with Crippen LogP contribution in [-0.4, -0.2) is 34.5 Å². The van der Waals surface area contributed by atoms with Gasteiger partial charge >= 0.3 is 0 Å². The quantitative estimate of drug-likeness (QED) is 0.616. The van der Waals surface area contributed by atoms with Crippen molar-refractivity contribution in [2.75, 3.05) is 13.6 Å². The molecule has 1 heterocycles. The molecule has 0 atom stereocenters. The van der Waals surface area contributed by atoms with E-state index in [1.807, 2.05) is 31.2 Å². The first kappa shape index (κ1) is 18.9. The Morgan fingerprint density at radius 2 is 2.04 bits per heavy atom. The summed E-state index contributed by atoms with van der Waals surface area (Å²) in [6, 6.07) is 14.6. The molecule has 0 saturated carbocycles. The zero-order chi connectivity index (χ0) is 19.2. The summed E-state index contributed by atoms with van der Waals surface area (Å²) in [5.41, 5.74) is 1.66. The van der Waals surface area contributed by atoms with Gasteiger partial charge in [-0.1, -0.05) is 35.0 Å². The first-order valence-electron chi connectivity index (χ1n) is 8.53. The van der Waals surface area contributed by atoms with Crippen LogP contribution >= 0.6 is 11.6 Å². The average molecular weight is 386 g/mol. The molecule has 3 aromatic rings. The summed E-state index contributed by atoms with van der Waals surface area (Å²) >= 11 is 5.94. The molecule has 140 valence electrons. The average Bonchev–Trinajstić information content (AvgIpc) is 3.12. The monoisotopic (exact) mass is 385 g/mol. The molecule has 6 nitrogen and oxygen atoms in total. The molecule has 0 N–H and O–H groups in total. The Hall–Kier alpha value is -2.86. The van der Waals surface area contributed by atoms with Crippen molar-refractivity contribution in [2.45, 2.75) is 20.0 Å².